The predicted molar refractivity (Wildman–Crippen MR) is 81.7 cm³/mol. The average molecular weight is 349 g/mol. The van der Waals surface area contributed by atoms with Crippen molar-refractivity contribution in [1.29, 1.82) is 0 Å². The number of aliphatic imine (C=N–C) groups is 1. The maximum atomic E-state index is 5.96. The minimum Gasteiger partial charge on any atom is -0.370 e. The molecule has 3 fully saturated rings. The van der Waals surface area contributed by atoms with E-state index in [1.807, 2.05) is 0 Å². The molecule has 0 aromatic heterocycles. The van der Waals surface area contributed by atoms with E-state index in [2.05, 4.69) is 10.3 Å². The van der Waals surface area contributed by atoms with Gasteiger partial charge in [-0.25, -0.2) is 4.99 Å². The molecule has 0 radical (unpaired) electrons. The van der Waals surface area contributed by atoms with Crippen molar-refractivity contribution in [3.05, 3.63) is 0 Å². The molecule has 17 heavy (non-hydrogen) atoms. The second-order valence-electron chi connectivity index (χ2n) is 5.80. The van der Waals surface area contributed by atoms with Gasteiger partial charge in [-0.05, 0) is 31.1 Å². The quantitative estimate of drug-likeness (QED) is 0.468. The smallest absolute Gasteiger partial charge is 0.189 e. The highest BCUT2D eigenvalue weighted by atomic mass is 127. The van der Waals surface area contributed by atoms with E-state index >= 15 is 0 Å². The van der Waals surface area contributed by atoms with Gasteiger partial charge in [0.05, 0.1) is 6.04 Å². The fourth-order valence-electron chi connectivity index (χ4n) is 3.22. The lowest BCUT2D eigenvalue weighted by molar-refractivity contribution is 0.273. The first-order valence-electron chi connectivity index (χ1n) is 6.93. The summed E-state index contributed by atoms with van der Waals surface area (Å²) in [6, 6.07) is 1.16. The maximum Gasteiger partial charge on any atom is 0.189 e. The topological polar surface area (TPSA) is 50.4 Å². The molecule has 0 heterocycles. The van der Waals surface area contributed by atoms with Gasteiger partial charge in [0.15, 0.2) is 5.96 Å². The zero-order chi connectivity index (χ0) is 11.0. The first-order valence-corrected chi connectivity index (χ1v) is 6.93. The number of guanidine groups is 1. The van der Waals surface area contributed by atoms with Crippen molar-refractivity contribution in [2.75, 3.05) is 0 Å². The Morgan fingerprint density at radius 2 is 1.76 bits per heavy atom. The second kappa shape index (κ2) is 5.76. The first kappa shape index (κ1) is 13.4. The summed E-state index contributed by atoms with van der Waals surface area (Å²) in [4.78, 5) is 4.62. The van der Waals surface area contributed by atoms with Gasteiger partial charge in [0.1, 0.15) is 0 Å². The van der Waals surface area contributed by atoms with Gasteiger partial charge in [0.2, 0.25) is 0 Å². The summed E-state index contributed by atoms with van der Waals surface area (Å²) in [6.07, 6.45) is 10.8. The van der Waals surface area contributed by atoms with E-state index in [9.17, 15) is 0 Å². The van der Waals surface area contributed by atoms with Crippen LogP contribution in [0.4, 0.5) is 0 Å². The highest BCUT2D eigenvalue weighted by Gasteiger charge is 2.45. The molecule has 3 aliphatic rings. The van der Waals surface area contributed by atoms with Crippen molar-refractivity contribution in [3.63, 3.8) is 0 Å². The van der Waals surface area contributed by atoms with E-state index in [1.165, 1.54) is 51.4 Å². The molecule has 0 spiro atoms. The van der Waals surface area contributed by atoms with Gasteiger partial charge in [-0.2, -0.15) is 0 Å². The van der Waals surface area contributed by atoms with Crippen LogP contribution in [-0.2, 0) is 0 Å². The molecule has 3 saturated carbocycles. The normalized spacial score (nSPS) is 34.0. The van der Waals surface area contributed by atoms with E-state index in [-0.39, 0.29) is 24.0 Å². The Morgan fingerprint density at radius 1 is 1.06 bits per heavy atom. The average Bonchev–Trinajstić information content (AvgIpc) is 2.72. The molecule has 0 aliphatic heterocycles. The van der Waals surface area contributed by atoms with Crippen LogP contribution in [0.3, 0.4) is 0 Å². The number of hydrogen-bond acceptors (Lipinski definition) is 1. The molecular formula is C13H24IN3. The van der Waals surface area contributed by atoms with Gasteiger partial charge in [-0.15, -0.1) is 24.0 Å². The highest BCUT2D eigenvalue weighted by Crippen LogP contribution is 2.48. The Morgan fingerprint density at radius 3 is 2.35 bits per heavy atom. The molecule has 0 saturated heterocycles. The predicted octanol–water partition coefficient (Wildman–Crippen LogP) is 2.64. The number of rotatable bonds is 3. The van der Waals surface area contributed by atoms with Gasteiger partial charge >= 0.3 is 0 Å². The van der Waals surface area contributed by atoms with Crippen molar-refractivity contribution in [2.45, 2.75) is 63.5 Å². The zero-order valence-corrected chi connectivity index (χ0v) is 12.7. The number of halogens is 1. The number of nitrogens with two attached hydrogens (primary N) is 1. The van der Waals surface area contributed by atoms with E-state index in [4.69, 9.17) is 5.73 Å². The summed E-state index contributed by atoms with van der Waals surface area (Å²) >= 11 is 0. The lowest BCUT2D eigenvalue weighted by Crippen LogP contribution is -2.38. The molecule has 3 rings (SSSR count). The van der Waals surface area contributed by atoms with Crippen molar-refractivity contribution >= 4 is 29.9 Å². The minimum atomic E-state index is 0. The lowest BCUT2D eigenvalue weighted by Gasteiger charge is -2.25. The molecule has 98 valence electrons. The van der Waals surface area contributed by atoms with Crippen molar-refractivity contribution in [1.82, 2.24) is 5.32 Å². The van der Waals surface area contributed by atoms with Crippen LogP contribution < -0.4 is 11.1 Å². The van der Waals surface area contributed by atoms with Crippen LogP contribution >= 0.6 is 24.0 Å². The van der Waals surface area contributed by atoms with Gasteiger partial charge in [-0.1, -0.05) is 32.1 Å². The Balaban J connectivity index is 0.00000108. The largest absolute Gasteiger partial charge is 0.370 e. The Kier molecular flexibility index (Phi) is 4.55. The van der Waals surface area contributed by atoms with Gasteiger partial charge < -0.3 is 11.1 Å². The van der Waals surface area contributed by atoms with Gasteiger partial charge in [0, 0.05) is 6.04 Å². The van der Waals surface area contributed by atoms with E-state index in [0.29, 0.717) is 18.0 Å². The van der Waals surface area contributed by atoms with Gasteiger partial charge in [-0.3, -0.25) is 0 Å². The first-order chi connectivity index (χ1) is 7.83. The van der Waals surface area contributed by atoms with Crippen LogP contribution in [0.15, 0.2) is 4.99 Å². The van der Waals surface area contributed by atoms with Crippen LogP contribution in [-0.4, -0.2) is 18.0 Å². The third-order valence-electron chi connectivity index (χ3n) is 4.57. The monoisotopic (exact) mass is 349 g/mol. The highest BCUT2D eigenvalue weighted by molar-refractivity contribution is 14.0. The molecule has 3 aliphatic carbocycles. The van der Waals surface area contributed by atoms with Crippen LogP contribution in [0.2, 0.25) is 0 Å². The molecule has 0 amide bonds. The van der Waals surface area contributed by atoms with Crippen molar-refractivity contribution in [2.24, 2.45) is 22.6 Å². The summed E-state index contributed by atoms with van der Waals surface area (Å²) in [6.45, 7) is 0. The fraction of sp³-hybridized carbons (Fsp3) is 0.923. The summed E-state index contributed by atoms with van der Waals surface area (Å²) in [5.41, 5.74) is 5.96. The van der Waals surface area contributed by atoms with Crippen LogP contribution in [0.1, 0.15) is 51.4 Å². The maximum absolute atomic E-state index is 5.96. The van der Waals surface area contributed by atoms with E-state index < -0.39 is 0 Å². The lowest BCUT2D eigenvalue weighted by atomic mass is 9.81. The number of nitrogens with zero attached hydrogens (tertiary/aromatic N) is 1. The Labute approximate surface area is 121 Å². The van der Waals surface area contributed by atoms with Gasteiger partial charge in [0.25, 0.3) is 0 Å². The summed E-state index contributed by atoms with van der Waals surface area (Å²) < 4.78 is 0. The standard InChI is InChI=1S/C13H23N3.HI/c14-13(15-10-6-1-2-7-10)16-12-8-11(12)9-4-3-5-9;/h9-12H,1-8H2,(H3,14,15,16);1H/t11-,12+;/m0./s1. The molecule has 3 nitrogen and oxygen atoms in total. The zero-order valence-electron chi connectivity index (χ0n) is 10.4. The molecule has 0 aromatic carbocycles. The molecule has 0 unspecified atom stereocenters. The molecule has 4 heteroatoms. The number of nitrogens with one attached hydrogen (secondary N) is 1. The second-order valence-corrected chi connectivity index (χ2v) is 5.80. The molecule has 0 aromatic rings. The van der Waals surface area contributed by atoms with Crippen molar-refractivity contribution in [3.8, 4) is 0 Å². The third kappa shape index (κ3) is 3.26. The van der Waals surface area contributed by atoms with Crippen molar-refractivity contribution < 1.29 is 0 Å². The third-order valence-corrected chi connectivity index (χ3v) is 4.57. The number of hydrogen-bond donors (Lipinski definition) is 2. The van der Waals surface area contributed by atoms with Crippen LogP contribution in [0.25, 0.3) is 0 Å². The summed E-state index contributed by atoms with van der Waals surface area (Å²) in [5.74, 6) is 2.56. The molecule has 3 N–H and O–H groups in total. The SMILES string of the molecule is I.NC(=N[C@@H]1C[C@H]1C1CCC1)NC1CCCC1. The minimum absolute atomic E-state index is 0. The fourth-order valence-corrected chi connectivity index (χ4v) is 3.22. The Bertz CT molecular complexity index is 282. The molecule has 0 bridgehead atoms. The Hall–Kier alpha value is 0. The summed E-state index contributed by atoms with van der Waals surface area (Å²) in [7, 11) is 0. The van der Waals surface area contributed by atoms with E-state index in [0.717, 1.165) is 11.8 Å². The van der Waals surface area contributed by atoms with Crippen LogP contribution in [0.5, 0.6) is 0 Å². The summed E-state index contributed by atoms with van der Waals surface area (Å²) in [5, 5.41) is 3.37. The molecule has 2 atom stereocenters. The van der Waals surface area contributed by atoms with Crippen LogP contribution in [0, 0.1) is 11.8 Å². The van der Waals surface area contributed by atoms with E-state index in [1.54, 1.807) is 0 Å². The molecular weight excluding hydrogens is 325 g/mol.